The second kappa shape index (κ2) is 5.93. The van der Waals surface area contributed by atoms with Crippen LogP contribution in [0, 0.1) is 5.41 Å². The molecule has 1 N–H and O–H groups in total. The van der Waals surface area contributed by atoms with E-state index in [1.54, 1.807) is 0 Å². The van der Waals surface area contributed by atoms with Gasteiger partial charge in [-0.05, 0) is 37.8 Å². The van der Waals surface area contributed by atoms with Crippen LogP contribution >= 0.6 is 0 Å². The minimum Gasteiger partial charge on any atom is -0.392 e. The van der Waals surface area contributed by atoms with Crippen LogP contribution in [-0.4, -0.2) is 34.5 Å². The Labute approximate surface area is 137 Å². The molecule has 120 valence electrons. The van der Waals surface area contributed by atoms with Crippen LogP contribution in [0.3, 0.4) is 0 Å². The number of aromatic nitrogens is 2. The van der Waals surface area contributed by atoms with Crippen LogP contribution in [0.25, 0.3) is 11.3 Å². The van der Waals surface area contributed by atoms with Gasteiger partial charge >= 0.3 is 0 Å². The summed E-state index contributed by atoms with van der Waals surface area (Å²) in [6.07, 6.45) is 5.35. The molecular weight excluding hydrogens is 286 g/mol. The Balaban J connectivity index is 1.54. The van der Waals surface area contributed by atoms with Gasteiger partial charge in [-0.1, -0.05) is 36.8 Å². The maximum Gasteiger partial charge on any atom is 0.151 e. The third-order valence-corrected chi connectivity index (χ3v) is 5.51. The number of nitrogens with zero attached hydrogens (tertiary/aromatic N) is 3. The Morgan fingerprint density at radius 3 is 2.52 bits per heavy atom. The molecule has 1 aromatic heterocycles. The molecule has 1 aliphatic carbocycles. The van der Waals surface area contributed by atoms with Gasteiger partial charge in [-0.2, -0.15) is 0 Å². The molecule has 4 nitrogen and oxygen atoms in total. The molecule has 23 heavy (non-hydrogen) atoms. The summed E-state index contributed by atoms with van der Waals surface area (Å²) in [4.78, 5) is 2.31. The van der Waals surface area contributed by atoms with Gasteiger partial charge in [-0.15, -0.1) is 10.2 Å². The van der Waals surface area contributed by atoms with E-state index >= 15 is 0 Å². The number of aliphatic hydroxyl groups is 1. The highest BCUT2D eigenvalue weighted by Crippen LogP contribution is 2.45. The van der Waals surface area contributed by atoms with Gasteiger partial charge in [0.1, 0.15) is 0 Å². The Hall–Kier alpha value is -1.94. The Bertz CT molecular complexity index is 658. The molecule has 4 heteroatoms. The fourth-order valence-corrected chi connectivity index (χ4v) is 4.21. The SMILES string of the molecule is O[C@@H]1CCC[C@@]12CCCN(c1ccc(-c3ccccc3)nn1)C2. The lowest BCUT2D eigenvalue weighted by atomic mass is 9.77. The third kappa shape index (κ3) is 2.72. The maximum atomic E-state index is 10.4. The Kier molecular flexibility index (Phi) is 3.77. The van der Waals surface area contributed by atoms with E-state index in [1.165, 1.54) is 0 Å². The highest BCUT2D eigenvalue weighted by molar-refractivity contribution is 5.59. The van der Waals surface area contributed by atoms with Gasteiger partial charge in [-0.3, -0.25) is 0 Å². The number of anilines is 1. The standard InChI is InChI=1S/C19H23N3O/c23-17-8-4-11-19(17)12-5-13-22(14-19)18-10-9-16(20-21-18)15-6-2-1-3-7-15/h1-3,6-7,9-10,17,23H,4-5,8,11-14H2/t17-,19+/m1/s1. The molecular formula is C19H23N3O. The van der Waals surface area contributed by atoms with Gasteiger partial charge in [0.25, 0.3) is 0 Å². The zero-order valence-corrected chi connectivity index (χ0v) is 13.4. The van der Waals surface area contributed by atoms with Crippen LogP contribution in [0.15, 0.2) is 42.5 Å². The summed E-state index contributed by atoms with van der Waals surface area (Å²) in [6, 6.07) is 14.2. The molecule has 0 radical (unpaired) electrons. The van der Waals surface area contributed by atoms with E-state index in [0.717, 1.165) is 62.3 Å². The van der Waals surface area contributed by atoms with Gasteiger partial charge < -0.3 is 10.0 Å². The number of benzene rings is 1. The van der Waals surface area contributed by atoms with E-state index in [9.17, 15) is 5.11 Å². The van der Waals surface area contributed by atoms with Crippen LogP contribution in [0.2, 0.25) is 0 Å². The lowest BCUT2D eigenvalue weighted by Crippen LogP contribution is -2.47. The summed E-state index contributed by atoms with van der Waals surface area (Å²) in [6.45, 7) is 1.92. The topological polar surface area (TPSA) is 49.2 Å². The molecule has 0 amide bonds. The number of piperidine rings is 1. The Morgan fingerprint density at radius 2 is 1.83 bits per heavy atom. The van der Waals surface area contributed by atoms with Crippen LogP contribution in [0.5, 0.6) is 0 Å². The van der Waals surface area contributed by atoms with Crippen LogP contribution in [0.1, 0.15) is 32.1 Å². The van der Waals surface area contributed by atoms with Crippen molar-refractivity contribution in [3.05, 3.63) is 42.5 Å². The smallest absolute Gasteiger partial charge is 0.151 e. The summed E-state index contributed by atoms with van der Waals surface area (Å²) in [5.74, 6) is 0.933. The molecule has 4 rings (SSSR count). The quantitative estimate of drug-likeness (QED) is 0.925. The van der Waals surface area contributed by atoms with Crippen molar-refractivity contribution in [2.24, 2.45) is 5.41 Å². The van der Waals surface area contributed by atoms with E-state index in [4.69, 9.17) is 0 Å². The predicted octanol–water partition coefficient (Wildman–Crippen LogP) is 3.28. The highest BCUT2D eigenvalue weighted by Gasteiger charge is 2.44. The predicted molar refractivity (Wildman–Crippen MR) is 91.2 cm³/mol. The van der Waals surface area contributed by atoms with Crippen molar-refractivity contribution in [3.63, 3.8) is 0 Å². The molecule has 2 heterocycles. The van der Waals surface area contributed by atoms with Gasteiger partial charge in [-0.25, -0.2) is 0 Å². The molecule has 0 unspecified atom stereocenters. The van der Waals surface area contributed by atoms with Crippen molar-refractivity contribution in [2.75, 3.05) is 18.0 Å². The van der Waals surface area contributed by atoms with Crippen molar-refractivity contribution in [3.8, 4) is 11.3 Å². The van der Waals surface area contributed by atoms with Gasteiger partial charge in [0.2, 0.25) is 0 Å². The largest absolute Gasteiger partial charge is 0.392 e. The lowest BCUT2D eigenvalue weighted by Gasteiger charge is -2.43. The fraction of sp³-hybridized carbons (Fsp3) is 0.474. The number of aliphatic hydroxyl groups excluding tert-OH is 1. The monoisotopic (exact) mass is 309 g/mol. The van der Waals surface area contributed by atoms with Crippen molar-refractivity contribution < 1.29 is 5.11 Å². The first-order valence-electron chi connectivity index (χ1n) is 8.59. The minimum absolute atomic E-state index is 0.0814. The van der Waals surface area contributed by atoms with Crippen LogP contribution < -0.4 is 4.90 Å². The first-order chi connectivity index (χ1) is 11.3. The molecule has 1 aliphatic heterocycles. The molecule has 2 aromatic rings. The fourth-order valence-electron chi connectivity index (χ4n) is 4.21. The van der Waals surface area contributed by atoms with E-state index < -0.39 is 0 Å². The molecule has 2 fully saturated rings. The van der Waals surface area contributed by atoms with Crippen molar-refractivity contribution in [2.45, 2.75) is 38.2 Å². The van der Waals surface area contributed by atoms with Crippen LogP contribution in [-0.2, 0) is 0 Å². The van der Waals surface area contributed by atoms with Gasteiger partial charge in [0, 0.05) is 24.1 Å². The van der Waals surface area contributed by atoms with Crippen molar-refractivity contribution in [1.82, 2.24) is 10.2 Å². The third-order valence-electron chi connectivity index (χ3n) is 5.51. The van der Waals surface area contributed by atoms with Gasteiger partial charge in [0.05, 0.1) is 11.8 Å². The number of rotatable bonds is 2. The number of hydrogen-bond donors (Lipinski definition) is 1. The summed E-state index contributed by atoms with van der Waals surface area (Å²) in [5.41, 5.74) is 2.08. The van der Waals surface area contributed by atoms with E-state index in [2.05, 4.69) is 33.3 Å². The highest BCUT2D eigenvalue weighted by atomic mass is 16.3. The second-order valence-corrected chi connectivity index (χ2v) is 6.94. The summed E-state index contributed by atoms with van der Waals surface area (Å²) >= 11 is 0. The van der Waals surface area contributed by atoms with E-state index in [0.29, 0.717) is 0 Å². The van der Waals surface area contributed by atoms with Crippen LogP contribution in [0.4, 0.5) is 5.82 Å². The molecule has 2 atom stereocenters. The average molecular weight is 309 g/mol. The van der Waals surface area contributed by atoms with Crippen molar-refractivity contribution >= 4 is 5.82 Å². The van der Waals surface area contributed by atoms with Gasteiger partial charge in [0.15, 0.2) is 5.82 Å². The second-order valence-electron chi connectivity index (χ2n) is 6.94. The first-order valence-corrected chi connectivity index (χ1v) is 8.59. The lowest BCUT2D eigenvalue weighted by molar-refractivity contribution is 0.0407. The Morgan fingerprint density at radius 1 is 1.00 bits per heavy atom. The summed E-state index contributed by atoms with van der Waals surface area (Å²) < 4.78 is 0. The van der Waals surface area contributed by atoms with E-state index in [1.807, 2.05) is 24.3 Å². The molecule has 0 bridgehead atoms. The summed E-state index contributed by atoms with van der Waals surface area (Å²) in [7, 11) is 0. The molecule has 1 saturated carbocycles. The van der Waals surface area contributed by atoms with E-state index in [-0.39, 0.29) is 11.5 Å². The normalized spacial score (nSPS) is 27.5. The molecule has 1 aromatic carbocycles. The zero-order valence-electron chi connectivity index (χ0n) is 13.4. The van der Waals surface area contributed by atoms with Crippen molar-refractivity contribution in [1.29, 1.82) is 0 Å². The summed E-state index contributed by atoms with van der Waals surface area (Å²) in [5, 5.41) is 19.3. The minimum atomic E-state index is -0.151. The average Bonchev–Trinajstić information content (AvgIpc) is 2.96. The number of hydrogen-bond acceptors (Lipinski definition) is 4. The molecule has 1 saturated heterocycles. The molecule has 1 spiro atoms. The molecule has 2 aliphatic rings. The zero-order chi connectivity index (χ0) is 15.7. The first kappa shape index (κ1) is 14.6. The maximum absolute atomic E-state index is 10.4.